The Labute approximate surface area is 124 Å². The average molecular weight is 277 g/mol. The Balaban J connectivity index is 1.63. The summed E-state index contributed by atoms with van der Waals surface area (Å²) in [5.41, 5.74) is 4.30. The van der Waals surface area contributed by atoms with E-state index in [1.165, 1.54) is 37.7 Å². The van der Waals surface area contributed by atoms with Crippen LogP contribution in [0.2, 0.25) is 0 Å². The molecule has 1 aliphatic carbocycles. The van der Waals surface area contributed by atoms with E-state index in [-0.39, 0.29) is 0 Å². The second kappa shape index (κ2) is 5.36. The second-order valence-corrected chi connectivity index (χ2v) is 5.94. The number of hydrogen-bond donors (Lipinski definition) is 0. The molecule has 106 valence electrons. The molecule has 0 radical (unpaired) electrons. The highest BCUT2D eigenvalue weighted by Gasteiger charge is 2.16. The first-order valence-corrected chi connectivity index (χ1v) is 7.86. The molecule has 3 aromatic rings. The largest absolute Gasteiger partial charge is 0.436 e. The van der Waals surface area contributed by atoms with Crippen LogP contribution in [-0.4, -0.2) is 4.98 Å². The maximum atomic E-state index is 5.83. The molecule has 0 aliphatic heterocycles. The SMILES string of the molecule is c1ccc2oc(-c3ccc(C4CCCCC4)cc3)nc2c1. The zero-order valence-electron chi connectivity index (χ0n) is 12.1. The number of rotatable bonds is 2. The van der Waals surface area contributed by atoms with E-state index in [0.29, 0.717) is 5.89 Å². The van der Waals surface area contributed by atoms with Crippen molar-refractivity contribution in [1.29, 1.82) is 0 Å². The normalized spacial score (nSPS) is 16.4. The van der Waals surface area contributed by atoms with Gasteiger partial charge in [0.2, 0.25) is 5.89 Å². The Bertz CT molecular complexity index is 703. The van der Waals surface area contributed by atoms with Crippen LogP contribution in [0, 0.1) is 0 Å². The molecule has 0 atom stereocenters. The molecule has 2 nitrogen and oxygen atoms in total. The van der Waals surface area contributed by atoms with Crippen LogP contribution in [0.5, 0.6) is 0 Å². The molecule has 2 aromatic carbocycles. The van der Waals surface area contributed by atoms with Crippen LogP contribution < -0.4 is 0 Å². The lowest BCUT2D eigenvalue weighted by Crippen LogP contribution is -2.04. The van der Waals surface area contributed by atoms with Gasteiger partial charge in [-0.3, -0.25) is 0 Å². The monoisotopic (exact) mass is 277 g/mol. The maximum absolute atomic E-state index is 5.83. The first kappa shape index (κ1) is 12.6. The quantitative estimate of drug-likeness (QED) is 0.614. The van der Waals surface area contributed by atoms with Crippen molar-refractivity contribution in [3.8, 4) is 11.5 Å². The smallest absolute Gasteiger partial charge is 0.227 e. The van der Waals surface area contributed by atoms with E-state index in [9.17, 15) is 0 Å². The lowest BCUT2D eigenvalue weighted by atomic mass is 9.84. The van der Waals surface area contributed by atoms with Crippen molar-refractivity contribution < 1.29 is 4.42 Å². The molecule has 0 saturated heterocycles. The van der Waals surface area contributed by atoms with Gasteiger partial charge in [-0.05, 0) is 48.6 Å². The molecule has 4 rings (SSSR count). The molecule has 1 saturated carbocycles. The van der Waals surface area contributed by atoms with Gasteiger partial charge in [0.15, 0.2) is 5.58 Å². The minimum atomic E-state index is 0.714. The van der Waals surface area contributed by atoms with Gasteiger partial charge in [0.25, 0.3) is 0 Å². The van der Waals surface area contributed by atoms with Crippen molar-refractivity contribution in [1.82, 2.24) is 4.98 Å². The zero-order valence-corrected chi connectivity index (χ0v) is 12.1. The minimum Gasteiger partial charge on any atom is -0.436 e. The molecule has 0 N–H and O–H groups in total. The van der Waals surface area contributed by atoms with Gasteiger partial charge in [-0.25, -0.2) is 4.98 Å². The molecule has 1 aromatic heterocycles. The molecule has 1 aliphatic rings. The third-order valence-corrected chi connectivity index (χ3v) is 4.53. The van der Waals surface area contributed by atoms with Crippen molar-refractivity contribution in [3.05, 3.63) is 54.1 Å². The summed E-state index contributed by atoms with van der Waals surface area (Å²) >= 11 is 0. The van der Waals surface area contributed by atoms with Crippen LogP contribution in [0.15, 0.2) is 52.9 Å². The summed E-state index contributed by atoms with van der Waals surface area (Å²) in [6.07, 6.45) is 6.82. The van der Waals surface area contributed by atoms with Crippen molar-refractivity contribution in [3.63, 3.8) is 0 Å². The number of aromatic nitrogens is 1. The van der Waals surface area contributed by atoms with Crippen LogP contribution in [0.4, 0.5) is 0 Å². The Hall–Kier alpha value is -2.09. The standard InChI is InChI=1S/C19H19NO/c1-2-6-14(7-3-1)15-10-12-16(13-11-15)19-20-17-8-4-5-9-18(17)21-19/h4-5,8-14H,1-3,6-7H2. The second-order valence-electron chi connectivity index (χ2n) is 5.94. The van der Waals surface area contributed by atoms with Crippen LogP contribution in [0.25, 0.3) is 22.6 Å². The fourth-order valence-electron chi connectivity index (χ4n) is 3.33. The molecular formula is C19H19NO. The van der Waals surface area contributed by atoms with Crippen molar-refractivity contribution in [2.45, 2.75) is 38.0 Å². The number of hydrogen-bond acceptors (Lipinski definition) is 2. The van der Waals surface area contributed by atoms with Crippen LogP contribution in [-0.2, 0) is 0 Å². The Morgan fingerprint density at radius 3 is 2.38 bits per heavy atom. The Morgan fingerprint density at radius 2 is 1.62 bits per heavy atom. The lowest BCUT2D eigenvalue weighted by Gasteiger charge is -2.21. The van der Waals surface area contributed by atoms with Gasteiger partial charge in [0, 0.05) is 5.56 Å². The van der Waals surface area contributed by atoms with Crippen molar-refractivity contribution >= 4 is 11.1 Å². The predicted molar refractivity (Wildman–Crippen MR) is 85.3 cm³/mol. The predicted octanol–water partition coefficient (Wildman–Crippen LogP) is 5.54. The number of benzene rings is 2. The van der Waals surface area contributed by atoms with Gasteiger partial charge in [0.05, 0.1) is 0 Å². The highest BCUT2D eigenvalue weighted by Crippen LogP contribution is 2.33. The van der Waals surface area contributed by atoms with E-state index in [0.717, 1.165) is 22.6 Å². The first-order valence-electron chi connectivity index (χ1n) is 7.86. The van der Waals surface area contributed by atoms with E-state index < -0.39 is 0 Å². The summed E-state index contributed by atoms with van der Waals surface area (Å²) in [6, 6.07) is 16.7. The zero-order chi connectivity index (χ0) is 14.1. The molecule has 1 fully saturated rings. The summed E-state index contributed by atoms with van der Waals surface area (Å²) in [6.45, 7) is 0. The van der Waals surface area contributed by atoms with Gasteiger partial charge in [0.1, 0.15) is 5.52 Å². The molecule has 0 amide bonds. The molecule has 0 spiro atoms. The van der Waals surface area contributed by atoms with E-state index >= 15 is 0 Å². The number of para-hydroxylation sites is 2. The van der Waals surface area contributed by atoms with Gasteiger partial charge < -0.3 is 4.42 Å². The number of fused-ring (bicyclic) bond motifs is 1. The van der Waals surface area contributed by atoms with E-state index in [4.69, 9.17) is 4.42 Å². The molecule has 1 heterocycles. The summed E-state index contributed by atoms with van der Waals surface area (Å²) in [5.74, 6) is 1.46. The highest BCUT2D eigenvalue weighted by molar-refractivity contribution is 5.75. The third-order valence-electron chi connectivity index (χ3n) is 4.53. The summed E-state index contributed by atoms with van der Waals surface area (Å²) in [5, 5.41) is 0. The van der Waals surface area contributed by atoms with E-state index in [2.05, 4.69) is 29.2 Å². The third kappa shape index (κ3) is 2.46. The molecule has 0 unspecified atom stereocenters. The minimum absolute atomic E-state index is 0.714. The molecule has 21 heavy (non-hydrogen) atoms. The average Bonchev–Trinajstić information content (AvgIpc) is 3.00. The highest BCUT2D eigenvalue weighted by atomic mass is 16.3. The van der Waals surface area contributed by atoms with Gasteiger partial charge in [-0.15, -0.1) is 0 Å². The fourth-order valence-corrected chi connectivity index (χ4v) is 3.33. The number of oxazole rings is 1. The van der Waals surface area contributed by atoms with Gasteiger partial charge >= 0.3 is 0 Å². The summed E-state index contributed by atoms with van der Waals surface area (Å²) < 4.78 is 5.83. The lowest BCUT2D eigenvalue weighted by molar-refractivity contribution is 0.443. The molecular weight excluding hydrogens is 258 g/mol. The topological polar surface area (TPSA) is 26.0 Å². The molecule has 2 heteroatoms. The van der Waals surface area contributed by atoms with Crippen molar-refractivity contribution in [2.24, 2.45) is 0 Å². The first-order chi connectivity index (χ1) is 10.4. The summed E-state index contributed by atoms with van der Waals surface area (Å²) in [4.78, 5) is 4.56. The van der Waals surface area contributed by atoms with Crippen molar-refractivity contribution in [2.75, 3.05) is 0 Å². The van der Waals surface area contributed by atoms with Crippen LogP contribution in [0.3, 0.4) is 0 Å². The van der Waals surface area contributed by atoms with Gasteiger partial charge in [-0.2, -0.15) is 0 Å². The van der Waals surface area contributed by atoms with E-state index in [1.807, 2.05) is 24.3 Å². The van der Waals surface area contributed by atoms with Crippen LogP contribution >= 0.6 is 0 Å². The molecule has 0 bridgehead atoms. The van der Waals surface area contributed by atoms with Gasteiger partial charge in [-0.1, -0.05) is 43.5 Å². The summed E-state index contributed by atoms with van der Waals surface area (Å²) in [7, 11) is 0. The maximum Gasteiger partial charge on any atom is 0.227 e. The number of nitrogens with zero attached hydrogens (tertiary/aromatic N) is 1. The fraction of sp³-hybridized carbons (Fsp3) is 0.316. The Kier molecular flexibility index (Phi) is 3.23. The Morgan fingerprint density at radius 1 is 0.857 bits per heavy atom. The van der Waals surface area contributed by atoms with E-state index in [1.54, 1.807) is 0 Å². The van der Waals surface area contributed by atoms with Crippen LogP contribution in [0.1, 0.15) is 43.6 Å².